The first-order valence-corrected chi connectivity index (χ1v) is 4.15. The Balaban J connectivity index is 2.53. The summed E-state index contributed by atoms with van der Waals surface area (Å²) in [5.41, 5.74) is 1.45. The van der Waals surface area contributed by atoms with Gasteiger partial charge in [-0.15, -0.1) is 0 Å². The molecule has 66 valence electrons. The van der Waals surface area contributed by atoms with Crippen LogP contribution in [0.1, 0.15) is 21.8 Å². The van der Waals surface area contributed by atoms with Crippen LogP contribution < -0.4 is 5.32 Å². The van der Waals surface area contributed by atoms with Gasteiger partial charge in [0.1, 0.15) is 6.29 Å². The minimum absolute atomic E-state index is 0.0892. The monoisotopic (exact) mass is 175 g/mol. The fourth-order valence-electron chi connectivity index (χ4n) is 1.56. The number of hydrogen-bond donors (Lipinski definition) is 1. The van der Waals surface area contributed by atoms with Crippen molar-refractivity contribution in [3.05, 3.63) is 35.4 Å². The van der Waals surface area contributed by atoms with Crippen LogP contribution in [0.4, 0.5) is 0 Å². The maximum atomic E-state index is 11.3. The molecular formula is C10H9NO2. The van der Waals surface area contributed by atoms with E-state index in [0.29, 0.717) is 12.1 Å². The predicted octanol–water partition coefficient (Wildman–Crippen LogP) is 0.713. The average molecular weight is 175 g/mol. The van der Waals surface area contributed by atoms with Crippen LogP contribution >= 0.6 is 0 Å². The quantitative estimate of drug-likeness (QED) is 0.639. The highest BCUT2D eigenvalue weighted by Gasteiger charge is 2.23. The molecule has 0 unspecified atom stereocenters. The second kappa shape index (κ2) is 3.01. The molecule has 0 saturated heterocycles. The molecule has 1 aliphatic heterocycles. The Bertz CT molecular complexity index is 360. The summed E-state index contributed by atoms with van der Waals surface area (Å²) >= 11 is 0. The number of nitrogens with one attached hydrogen (secondary N) is 1. The number of aldehydes is 1. The minimum atomic E-state index is -0.186. The summed E-state index contributed by atoms with van der Waals surface area (Å²) in [6, 6.07) is 7.20. The van der Waals surface area contributed by atoms with Gasteiger partial charge in [0.05, 0.1) is 5.92 Å². The van der Waals surface area contributed by atoms with Crippen molar-refractivity contribution in [2.24, 2.45) is 0 Å². The Morgan fingerprint density at radius 2 is 2.15 bits per heavy atom. The van der Waals surface area contributed by atoms with Crippen molar-refractivity contribution in [2.75, 3.05) is 6.54 Å². The summed E-state index contributed by atoms with van der Waals surface area (Å²) in [5.74, 6) is -0.275. The molecule has 0 spiro atoms. The number of carbonyl (C=O) groups excluding carboxylic acids is 2. The van der Waals surface area contributed by atoms with Crippen LogP contribution in [0.3, 0.4) is 0 Å². The minimum Gasteiger partial charge on any atom is -0.351 e. The van der Waals surface area contributed by atoms with Crippen molar-refractivity contribution < 1.29 is 9.59 Å². The molecule has 1 heterocycles. The third kappa shape index (κ3) is 1.22. The predicted molar refractivity (Wildman–Crippen MR) is 47.6 cm³/mol. The van der Waals surface area contributed by atoms with E-state index in [-0.39, 0.29) is 11.8 Å². The van der Waals surface area contributed by atoms with E-state index in [9.17, 15) is 9.59 Å². The van der Waals surface area contributed by atoms with Gasteiger partial charge in [-0.3, -0.25) is 4.79 Å². The second-order valence-corrected chi connectivity index (χ2v) is 3.04. The second-order valence-electron chi connectivity index (χ2n) is 3.04. The Kier molecular flexibility index (Phi) is 1.85. The lowest BCUT2D eigenvalue weighted by Crippen LogP contribution is -2.35. The van der Waals surface area contributed by atoms with Gasteiger partial charge in [0.15, 0.2) is 0 Å². The Morgan fingerprint density at radius 1 is 1.38 bits per heavy atom. The molecule has 0 aromatic heterocycles. The fraction of sp³-hybridized carbons (Fsp3) is 0.200. The van der Waals surface area contributed by atoms with E-state index in [1.54, 1.807) is 12.1 Å². The molecule has 1 N–H and O–H groups in total. The van der Waals surface area contributed by atoms with Gasteiger partial charge in [-0.25, -0.2) is 0 Å². The molecule has 1 amide bonds. The Morgan fingerprint density at radius 3 is 2.92 bits per heavy atom. The van der Waals surface area contributed by atoms with Crippen LogP contribution in [-0.4, -0.2) is 18.7 Å². The molecule has 0 radical (unpaired) electrons. The van der Waals surface area contributed by atoms with E-state index < -0.39 is 0 Å². The zero-order valence-electron chi connectivity index (χ0n) is 6.99. The van der Waals surface area contributed by atoms with Crippen LogP contribution in [0.25, 0.3) is 0 Å². The van der Waals surface area contributed by atoms with E-state index >= 15 is 0 Å². The van der Waals surface area contributed by atoms with Gasteiger partial charge in [-0.1, -0.05) is 18.2 Å². The molecule has 3 nitrogen and oxygen atoms in total. The molecular weight excluding hydrogens is 166 g/mol. The topological polar surface area (TPSA) is 46.2 Å². The molecule has 1 atom stereocenters. The summed E-state index contributed by atoms with van der Waals surface area (Å²) in [5, 5.41) is 2.67. The Labute approximate surface area is 75.8 Å². The van der Waals surface area contributed by atoms with E-state index in [1.165, 1.54) is 0 Å². The van der Waals surface area contributed by atoms with Gasteiger partial charge < -0.3 is 10.1 Å². The Hall–Kier alpha value is -1.64. The summed E-state index contributed by atoms with van der Waals surface area (Å²) in [4.78, 5) is 22.0. The van der Waals surface area contributed by atoms with E-state index in [0.717, 1.165) is 11.8 Å². The van der Waals surface area contributed by atoms with Crippen molar-refractivity contribution in [1.29, 1.82) is 0 Å². The van der Waals surface area contributed by atoms with Gasteiger partial charge >= 0.3 is 0 Å². The SMILES string of the molecule is O=C[C@@H]1CNC(=O)c2ccccc21. The van der Waals surface area contributed by atoms with Gasteiger partial charge in [0.2, 0.25) is 0 Å². The molecule has 1 aromatic rings. The van der Waals surface area contributed by atoms with Gasteiger partial charge in [-0.05, 0) is 11.6 Å². The first kappa shape index (κ1) is 7.98. The normalized spacial score (nSPS) is 20.3. The molecule has 0 saturated carbocycles. The maximum absolute atomic E-state index is 11.3. The van der Waals surface area contributed by atoms with Crippen molar-refractivity contribution in [1.82, 2.24) is 5.32 Å². The molecule has 1 aliphatic rings. The molecule has 2 rings (SSSR count). The lowest BCUT2D eigenvalue weighted by molar-refractivity contribution is -0.109. The molecule has 13 heavy (non-hydrogen) atoms. The molecule has 0 fully saturated rings. The lowest BCUT2D eigenvalue weighted by atomic mass is 9.92. The number of hydrogen-bond acceptors (Lipinski definition) is 2. The van der Waals surface area contributed by atoms with E-state index in [4.69, 9.17) is 0 Å². The van der Waals surface area contributed by atoms with Gasteiger partial charge in [0, 0.05) is 12.1 Å². The third-order valence-electron chi connectivity index (χ3n) is 2.25. The average Bonchev–Trinajstić information content (AvgIpc) is 2.19. The maximum Gasteiger partial charge on any atom is 0.251 e. The fourth-order valence-corrected chi connectivity index (χ4v) is 1.56. The van der Waals surface area contributed by atoms with Crippen LogP contribution in [-0.2, 0) is 4.79 Å². The molecule has 1 aromatic carbocycles. The summed E-state index contributed by atoms with van der Waals surface area (Å²) < 4.78 is 0. The third-order valence-corrected chi connectivity index (χ3v) is 2.25. The number of fused-ring (bicyclic) bond motifs is 1. The summed E-state index contributed by atoms with van der Waals surface area (Å²) in [7, 11) is 0. The number of amides is 1. The summed E-state index contributed by atoms with van der Waals surface area (Å²) in [6.07, 6.45) is 0.873. The van der Waals surface area contributed by atoms with Crippen LogP contribution in [0, 0.1) is 0 Å². The zero-order chi connectivity index (χ0) is 9.26. The smallest absolute Gasteiger partial charge is 0.251 e. The van der Waals surface area contributed by atoms with Gasteiger partial charge in [-0.2, -0.15) is 0 Å². The van der Waals surface area contributed by atoms with E-state index in [1.807, 2.05) is 12.1 Å². The summed E-state index contributed by atoms with van der Waals surface area (Å²) in [6.45, 7) is 0.416. The van der Waals surface area contributed by atoms with Crippen molar-refractivity contribution in [3.8, 4) is 0 Å². The number of rotatable bonds is 1. The first-order valence-electron chi connectivity index (χ1n) is 4.15. The first-order chi connectivity index (χ1) is 6.33. The van der Waals surface area contributed by atoms with E-state index in [2.05, 4.69) is 5.32 Å². The lowest BCUT2D eigenvalue weighted by Gasteiger charge is -2.21. The molecule has 0 aliphatic carbocycles. The van der Waals surface area contributed by atoms with Gasteiger partial charge in [0.25, 0.3) is 5.91 Å². The molecule has 0 bridgehead atoms. The van der Waals surface area contributed by atoms with Crippen LogP contribution in [0.2, 0.25) is 0 Å². The van der Waals surface area contributed by atoms with Crippen LogP contribution in [0.5, 0.6) is 0 Å². The highest BCUT2D eigenvalue weighted by atomic mass is 16.1. The van der Waals surface area contributed by atoms with Crippen molar-refractivity contribution in [2.45, 2.75) is 5.92 Å². The van der Waals surface area contributed by atoms with Crippen molar-refractivity contribution >= 4 is 12.2 Å². The van der Waals surface area contributed by atoms with Crippen LogP contribution in [0.15, 0.2) is 24.3 Å². The standard InChI is InChI=1S/C10H9NO2/c12-6-7-5-11-10(13)9-4-2-1-3-8(7)9/h1-4,6-7H,5H2,(H,11,13)/t7-/m0/s1. The largest absolute Gasteiger partial charge is 0.351 e. The number of benzene rings is 1. The zero-order valence-corrected chi connectivity index (χ0v) is 6.99. The highest BCUT2D eigenvalue weighted by Crippen LogP contribution is 2.21. The van der Waals surface area contributed by atoms with Crippen molar-refractivity contribution in [3.63, 3.8) is 0 Å². The highest BCUT2D eigenvalue weighted by molar-refractivity contribution is 5.98. The molecule has 3 heteroatoms. The number of carbonyl (C=O) groups is 2.